The van der Waals surface area contributed by atoms with Crippen LogP contribution in [0.3, 0.4) is 0 Å². The van der Waals surface area contributed by atoms with Gasteiger partial charge in [0.1, 0.15) is 0 Å². The first-order valence-corrected chi connectivity index (χ1v) is 6.60. The maximum Gasteiger partial charge on any atom is 0.0682 e. The van der Waals surface area contributed by atoms with E-state index in [0.717, 1.165) is 31.6 Å². The molecular formula is C15H20O2. The van der Waals surface area contributed by atoms with E-state index in [1.54, 1.807) is 0 Å². The van der Waals surface area contributed by atoms with Crippen molar-refractivity contribution in [2.24, 2.45) is 11.8 Å². The smallest absolute Gasteiger partial charge is 0.0682 e. The average Bonchev–Trinajstić information content (AvgIpc) is 2.71. The number of benzene rings is 1. The van der Waals surface area contributed by atoms with Gasteiger partial charge in [-0.25, -0.2) is 0 Å². The second kappa shape index (κ2) is 4.11. The van der Waals surface area contributed by atoms with Crippen molar-refractivity contribution >= 4 is 0 Å². The van der Waals surface area contributed by atoms with Gasteiger partial charge in [-0.3, -0.25) is 0 Å². The summed E-state index contributed by atoms with van der Waals surface area (Å²) >= 11 is 0. The fourth-order valence-electron chi connectivity index (χ4n) is 3.68. The molecule has 92 valence electrons. The molecule has 0 aromatic heterocycles. The van der Waals surface area contributed by atoms with E-state index in [1.165, 1.54) is 5.56 Å². The molecule has 0 saturated heterocycles. The summed E-state index contributed by atoms with van der Waals surface area (Å²) in [6.07, 6.45) is 4.19. The first-order valence-electron chi connectivity index (χ1n) is 6.60. The molecule has 3 saturated carbocycles. The lowest BCUT2D eigenvalue weighted by Gasteiger charge is -2.36. The number of rotatable bonds is 4. The summed E-state index contributed by atoms with van der Waals surface area (Å²) in [7, 11) is 0. The van der Waals surface area contributed by atoms with E-state index in [2.05, 4.69) is 0 Å². The Balaban J connectivity index is 1.56. The van der Waals surface area contributed by atoms with Crippen LogP contribution < -0.4 is 0 Å². The van der Waals surface area contributed by atoms with E-state index in [1.807, 2.05) is 30.3 Å². The van der Waals surface area contributed by atoms with E-state index in [4.69, 9.17) is 0 Å². The van der Waals surface area contributed by atoms with Crippen LogP contribution in [0.15, 0.2) is 30.3 Å². The first-order chi connectivity index (χ1) is 8.16. The molecule has 2 nitrogen and oxygen atoms in total. The van der Waals surface area contributed by atoms with Crippen molar-refractivity contribution in [3.8, 4) is 0 Å². The monoisotopic (exact) mass is 232 g/mol. The van der Waals surface area contributed by atoms with E-state index in [9.17, 15) is 10.2 Å². The molecule has 4 rings (SSSR count). The predicted molar refractivity (Wildman–Crippen MR) is 66.6 cm³/mol. The van der Waals surface area contributed by atoms with E-state index in [0.29, 0.717) is 12.3 Å². The summed E-state index contributed by atoms with van der Waals surface area (Å²) in [6.45, 7) is 0. The van der Waals surface area contributed by atoms with Crippen LogP contribution in [0.25, 0.3) is 0 Å². The Hall–Kier alpha value is -0.860. The largest absolute Gasteiger partial charge is 0.393 e. The van der Waals surface area contributed by atoms with Crippen LogP contribution in [0.2, 0.25) is 0 Å². The summed E-state index contributed by atoms with van der Waals surface area (Å²) in [5.74, 6) is 1.06. The topological polar surface area (TPSA) is 40.5 Å². The molecule has 0 amide bonds. The molecule has 3 aliphatic rings. The third-order valence-electron chi connectivity index (χ3n) is 4.53. The van der Waals surface area contributed by atoms with Gasteiger partial charge in [0.2, 0.25) is 0 Å². The Morgan fingerprint density at radius 3 is 2.53 bits per heavy atom. The molecule has 2 N–H and O–H groups in total. The van der Waals surface area contributed by atoms with Crippen molar-refractivity contribution in [2.45, 2.75) is 43.8 Å². The molecule has 0 spiro atoms. The fourth-order valence-corrected chi connectivity index (χ4v) is 3.68. The predicted octanol–water partition coefficient (Wildman–Crippen LogP) is 2.14. The zero-order valence-corrected chi connectivity index (χ0v) is 10.0. The lowest BCUT2D eigenvalue weighted by Crippen LogP contribution is -2.40. The number of fused-ring (bicyclic) bond motifs is 1. The van der Waals surface area contributed by atoms with Gasteiger partial charge in [0, 0.05) is 0 Å². The van der Waals surface area contributed by atoms with Gasteiger partial charge in [-0.1, -0.05) is 30.3 Å². The van der Waals surface area contributed by atoms with Crippen molar-refractivity contribution in [1.82, 2.24) is 0 Å². The molecule has 2 atom stereocenters. The average molecular weight is 232 g/mol. The Kier molecular flexibility index (Phi) is 2.72. The Morgan fingerprint density at radius 2 is 1.94 bits per heavy atom. The zero-order chi connectivity index (χ0) is 11.9. The van der Waals surface area contributed by atoms with Crippen molar-refractivity contribution in [1.29, 1.82) is 0 Å². The van der Waals surface area contributed by atoms with Crippen LogP contribution in [-0.2, 0) is 6.42 Å². The van der Waals surface area contributed by atoms with Gasteiger partial charge < -0.3 is 10.2 Å². The SMILES string of the molecule is OC(Cc1ccccc1)CC1CC2CC1(O)C2. The second-order valence-electron chi connectivity index (χ2n) is 5.89. The highest BCUT2D eigenvalue weighted by molar-refractivity contribution is 5.16. The Bertz CT molecular complexity index is 381. The van der Waals surface area contributed by atoms with Crippen LogP contribution in [0.4, 0.5) is 0 Å². The molecule has 0 aliphatic heterocycles. The van der Waals surface area contributed by atoms with Gasteiger partial charge in [-0.2, -0.15) is 0 Å². The van der Waals surface area contributed by atoms with Crippen LogP contribution in [0, 0.1) is 11.8 Å². The summed E-state index contributed by atoms with van der Waals surface area (Å²) in [5, 5.41) is 20.3. The molecule has 1 aromatic rings. The lowest BCUT2D eigenvalue weighted by molar-refractivity contribution is -0.0590. The van der Waals surface area contributed by atoms with Crippen LogP contribution in [0.1, 0.15) is 31.2 Å². The minimum absolute atomic E-state index is 0.314. The highest BCUT2D eigenvalue weighted by Crippen LogP contribution is 2.57. The van der Waals surface area contributed by atoms with Gasteiger partial charge in [0.15, 0.2) is 0 Å². The van der Waals surface area contributed by atoms with Crippen LogP contribution >= 0.6 is 0 Å². The third-order valence-corrected chi connectivity index (χ3v) is 4.53. The highest BCUT2D eigenvalue weighted by Gasteiger charge is 2.56. The quantitative estimate of drug-likeness (QED) is 0.835. The molecule has 1 aromatic carbocycles. The summed E-state index contributed by atoms with van der Waals surface area (Å²) in [5.41, 5.74) is 0.750. The molecule has 3 fully saturated rings. The van der Waals surface area contributed by atoms with Gasteiger partial charge in [-0.05, 0) is 49.5 Å². The van der Waals surface area contributed by atoms with E-state index in [-0.39, 0.29) is 6.10 Å². The minimum atomic E-state index is -0.428. The van der Waals surface area contributed by atoms with Crippen LogP contribution in [-0.4, -0.2) is 21.9 Å². The Morgan fingerprint density at radius 1 is 1.24 bits per heavy atom. The summed E-state index contributed by atoms with van der Waals surface area (Å²) in [4.78, 5) is 0. The number of hydrogen-bond acceptors (Lipinski definition) is 2. The van der Waals surface area contributed by atoms with E-state index >= 15 is 0 Å². The van der Waals surface area contributed by atoms with Crippen molar-refractivity contribution in [3.63, 3.8) is 0 Å². The van der Waals surface area contributed by atoms with Crippen molar-refractivity contribution in [3.05, 3.63) is 35.9 Å². The zero-order valence-electron chi connectivity index (χ0n) is 10.0. The van der Waals surface area contributed by atoms with E-state index < -0.39 is 5.60 Å². The molecule has 2 unspecified atom stereocenters. The second-order valence-corrected chi connectivity index (χ2v) is 5.89. The lowest BCUT2D eigenvalue weighted by atomic mass is 9.76. The molecular weight excluding hydrogens is 212 g/mol. The third kappa shape index (κ3) is 2.12. The fraction of sp³-hybridized carbons (Fsp3) is 0.600. The van der Waals surface area contributed by atoms with Gasteiger partial charge in [0.05, 0.1) is 11.7 Å². The standard InChI is InChI=1S/C15H20O2/c16-14(7-11-4-2-1-3-5-11)8-13-6-12-9-15(13,17)10-12/h1-5,12-14,16-17H,6-10H2. The summed E-state index contributed by atoms with van der Waals surface area (Å²) < 4.78 is 0. The van der Waals surface area contributed by atoms with Crippen molar-refractivity contribution in [2.75, 3.05) is 0 Å². The highest BCUT2D eigenvalue weighted by atomic mass is 16.3. The first kappa shape index (κ1) is 11.2. The van der Waals surface area contributed by atoms with Crippen LogP contribution in [0.5, 0.6) is 0 Å². The molecule has 0 heterocycles. The molecule has 17 heavy (non-hydrogen) atoms. The maximum atomic E-state index is 10.2. The van der Waals surface area contributed by atoms with Gasteiger partial charge >= 0.3 is 0 Å². The molecule has 0 radical (unpaired) electrons. The Labute approximate surface area is 102 Å². The number of aliphatic hydroxyl groups excluding tert-OH is 1. The van der Waals surface area contributed by atoms with Crippen molar-refractivity contribution < 1.29 is 10.2 Å². The molecule has 2 bridgehead atoms. The number of hydrogen-bond donors (Lipinski definition) is 2. The maximum absolute atomic E-state index is 10.2. The molecule has 3 aliphatic carbocycles. The van der Waals surface area contributed by atoms with Gasteiger partial charge in [-0.15, -0.1) is 0 Å². The molecule has 2 heteroatoms. The normalized spacial score (nSPS) is 36.6. The van der Waals surface area contributed by atoms with Gasteiger partial charge in [0.25, 0.3) is 0 Å². The summed E-state index contributed by atoms with van der Waals surface area (Å²) in [6, 6.07) is 10.1. The number of aliphatic hydroxyl groups is 2. The minimum Gasteiger partial charge on any atom is -0.393 e.